The Kier molecular flexibility index (Phi) is 2.48. The van der Waals surface area contributed by atoms with Gasteiger partial charge in [-0.2, -0.15) is 0 Å². The molecule has 0 unspecified atom stereocenters. The zero-order valence-corrected chi connectivity index (χ0v) is 10.2. The summed E-state index contributed by atoms with van der Waals surface area (Å²) in [6.07, 6.45) is 0. The van der Waals surface area contributed by atoms with Crippen LogP contribution >= 0.6 is 0 Å². The van der Waals surface area contributed by atoms with Crippen molar-refractivity contribution in [3.8, 4) is 0 Å². The van der Waals surface area contributed by atoms with E-state index in [0.29, 0.717) is 0 Å². The normalized spacial score (nSPS) is 16.7. The number of anilines is 1. The fourth-order valence-corrected chi connectivity index (χ4v) is 2.25. The van der Waals surface area contributed by atoms with Gasteiger partial charge < -0.3 is 14.6 Å². The predicted molar refractivity (Wildman–Crippen MR) is 66.4 cm³/mol. The number of rotatable bonds is 1. The van der Waals surface area contributed by atoms with Crippen LogP contribution in [-0.4, -0.2) is 41.3 Å². The maximum Gasteiger partial charge on any atom is 0.156 e. The summed E-state index contributed by atoms with van der Waals surface area (Å²) in [4.78, 5) is 14.6. The predicted octanol–water partition coefficient (Wildman–Crippen LogP) is 1.41. The second-order valence-electron chi connectivity index (χ2n) is 4.41. The zero-order valence-electron chi connectivity index (χ0n) is 10.2. The molecular weight excluding hydrogens is 216 g/mol. The SMILES string of the molecule is Cc1nc(N2CCOCC2)c2[nH]c(C)cc2n1. The Morgan fingerprint density at radius 1 is 1.24 bits per heavy atom. The van der Waals surface area contributed by atoms with E-state index in [9.17, 15) is 0 Å². The Bertz CT molecular complexity index is 543. The van der Waals surface area contributed by atoms with E-state index in [1.807, 2.05) is 13.8 Å². The maximum atomic E-state index is 5.37. The van der Waals surface area contributed by atoms with Gasteiger partial charge in [-0.25, -0.2) is 9.97 Å². The van der Waals surface area contributed by atoms with Crippen molar-refractivity contribution >= 4 is 16.9 Å². The highest BCUT2D eigenvalue weighted by Gasteiger charge is 2.17. The molecule has 0 saturated carbocycles. The lowest BCUT2D eigenvalue weighted by Gasteiger charge is -2.28. The summed E-state index contributed by atoms with van der Waals surface area (Å²) in [6, 6.07) is 2.06. The number of aromatic nitrogens is 3. The maximum absolute atomic E-state index is 5.37. The molecule has 5 nitrogen and oxygen atoms in total. The molecule has 0 aliphatic carbocycles. The lowest BCUT2D eigenvalue weighted by Crippen LogP contribution is -2.37. The number of hydrogen-bond acceptors (Lipinski definition) is 4. The molecule has 1 aliphatic heterocycles. The summed E-state index contributed by atoms with van der Waals surface area (Å²) in [5.41, 5.74) is 3.15. The van der Waals surface area contributed by atoms with E-state index in [-0.39, 0.29) is 0 Å². The molecule has 2 aromatic heterocycles. The minimum atomic E-state index is 0.768. The van der Waals surface area contributed by atoms with Gasteiger partial charge in [0, 0.05) is 18.8 Å². The van der Waals surface area contributed by atoms with Crippen LogP contribution in [0.25, 0.3) is 11.0 Å². The summed E-state index contributed by atoms with van der Waals surface area (Å²) in [6.45, 7) is 7.30. The molecule has 1 fully saturated rings. The van der Waals surface area contributed by atoms with E-state index in [2.05, 4.69) is 25.9 Å². The highest BCUT2D eigenvalue weighted by Crippen LogP contribution is 2.24. The quantitative estimate of drug-likeness (QED) is 0.807. The van der Waals surface area contributed by atoms with Gasteiger partial charge in [0.2, 0.25) is 0 Å². The van der Waals surface area contributed by atoms with Crippen molar-refractivity contribution < 1.29 is 4.74 Å². The van der Waals surface area contributed by atoms with Crippen molar-refractivity contribution in [2.45, 2.75) is 13.8 Å². The molecular formula is C12H16N4O. The first kappa shape index (κ1) is 10.5. The molecule has 90 valence electrons. The van der Waals surface area contributed by atoms with E-state index >= 15 is 0 Å². The highest BCUT2D eigenvalue weighted by atomic mass is 16.5. The van der Waals surface area contributed by atoms with Crippen LogP contribution in [0.4, 0.5) is 5.82 Å². The minimum absolute atomic E-state index is 0.768. The van der Waals surface area contributed by atoms with Crippen LogP contribution < -0.4 is 4.90 Å². The monoisotopic (exact) mass is 232 g/mol. The molecule has 1 N–H and O–H groups in total. The summed E-state index contributed by atoms with van der Waals surface area (Å²) < 4.78 is 5.37. The molecule has 3 rings (SSSR count). The van der Waals surface area contributed by atoms with Gasteiger partial charge in [0.15, 0.2) is 5.82 Å². The molecule has 0 atom stereocenters. The van der Waals surface area contributed by atoms with Crippen LogP contribution in [0.2, 0.25) is 0 Å². The van der Waals surface area contributed by atoms with Gasteiger partial charge in [-0.05, 0) is 19.9 Å². The molecule has 3 heterocycles. The van der Waals surface area contributed by atoms with Gasteiger partial charge in [-0.1, -0.05) is 0 Å². The summed E-state index contributed by atoms with van der Waals surface area (Å²) in [5.74, 6) is 1.82. The Morgan fingerprint density at radius 2 is 2.00 bits per heavy atom. The zero-order chi connectivity index (χ0) is 11.8. The first-order chi connectivity index (χ1) is 8.24. The number of aryl methyl sites for hydroxylation is 2. The second-order valence-corrected chi connectivity index (χ2v) is 4.41. The fraction of sp³-hybridized carbons (Fsp3) is 0.500. The first-order valence-corrected chi connectivity index (χ1v) is 5.91. The van der Waals surface area contributed by atoms with E-state index in [0.717, 1.165) is 54.7 Å². The molecule has 1 aliphatic rings. The van der Waals surface area contributed by atoms with Gasteiger partial charge in [0.1, 0.15) is 11.3 Å². The summed E-state index contributed by atoms with van der Waals surface area (Å²) in [7, 11) is 0. The Balaban J connectivity index is 2.12. The van der Waals surface area contributed by atoms with Crippen LogP contribution in [0.5, 0.6) is 0 Å². The molecule has 17 heavy (non-hydrogen) atoms. The third-order valence-corrected chi connectivity index (χ3v) is 3.02. The van der Waals surface area contributed by atoms with Crippen molar-refractivity contribution in [2.24, 2.45) is 0 Å². The second kappa shape index (κ2) is 4.00. The fourth-order valence-electron chi connectivity index (χ4n) is 2.25. The van der Waals surface area contributed by atoms with Crippen LogP contribution in [0.1, 0.15) is 11.5 Å². The third kappa shape index (κ3) is 1.86. The topological polar surface area (TPSA) is 54.0 Å². The number of hydrogen-bond donors (Lipinski definition) is 1. The molecule has 0 spiro atoms. The van der Waals surface area contributed by atoms with Crippen LogP contribution in [0.15, 0.2) is 6.07 Å². The van der Waals surface area contributed by atoms with E-state index in [1.54, 1.807) is 0 Å². The largest absolute Gasteiger partial charge is 0.378 e. The average Bonchev–Trinajstić information content (AvgIpc) is 2.69. The van der Waals surface area contributed by atoms with Crippen molar-refractivity contribution in [3.05, 3.63) is 17.6 Å². The molecule has 0 aromatic carbocycles. The molecule has 1 saturated heterocycles. The number of morpholine rings is 1. The molecule has 5 heteroatoms. The lowest BCUT2D eigenvalue weighted by atomic mass is 10.3. The summed E-state index contributed by atoms with van der Waals surface area (Å²) >= 11 is 0. The van der Waals surface area contributed by atoms with Crippen LogP contribution in [-0.2, 0) is 4.74 Å². The molecule has 0 radical (unpaired) electrons. The standard InChI is InChI=1S/C12H16N4O/c1-8-7-10-11(13-8)12(15-9(2)14-10)16-3-5-17-6-4-16/h7,13H,3-6H2,1-2H3. The van der Waals surface area contributed by atoms with Crippen molar-refractivity contribution in [3.63, 3.8) is 0 Å². The molecule has 0 amide bonds. The number of nitrogens with zero attached hydrogens (tertiary/aromatic N) is 3. The number of aromatic amines is 1. The highest BCUT2D eigenvalue weighted by molar-refractivity contribution is 5.87. The van der Waals surface area contributed by atoms with Gasteiger partial charge >= 0.3 is 0 Å². The number of ether oxygens (including phenoxy) is 1. The van der Waals surface area contributed by atoms with E-state index < -0.39 is 0 Å². The van der Waals surface area contributed by atoms with Crippen LogP contribution in [0, 0.1) is 13.8 Å². The first-order valence-electron chi connectivity index (χ1n) is 5.91. The molecule has 2 aromatic rings. The number of nitrogens with one attached hydrogen (secondary N) is 1. The minimum Gasteiger partial charge on any atom is -0.378 e. The summed E-state index contributed by atoms with van der Waals surface area (Å²) in [5, 5.41) is 0. The van der Waals surface area contributed by atoms with Gasteiger partial charge in [-0.3, -0.25) is 0 Å². The smallest absolute Gasteiger partial charge is 0.156 e. The Hall–Kier alpha value is -1.62. The average molecular weight is 232 g/mol. The lowest BCUT2D eigenvalue weighted by molar-refractivity contribution is 0.122. The van der Waals surface area contributed by atoms with E-state index in [4.69, 9.17) is 4.74 Å². The van der Waals surface area contributed by atoms with Gasteiger partial charge in [-0.15, -0.1) is 0 Å². The van der Waals surface area contributed by atoms with Crippen molar-refractivity contribution in [2.75, 3.05) is 31.2 Å². The Morgan fingerprint density at radius 3 is 2.76 bits per heavy atom. The molecule has 0 bridgehead atoms. The van der Waals surface area contributed by atoms with Gasteiger partial charge in [0.25, 0.3) is 0 Å². The number of fused-ring (bicyclic) bond motifs is 1. The van der Waals surface area contributed by atoms with Gasteiger partial charge in [0.05, 0.1) is 18.7 Å². The van der Waals surface area contributed by atoms with E-state index in [1.165, 1.54) is 0 Å². The van der Waals surface area contributed by atoms with Crippen LogP contribution in [0.3, 0.4) is 0 Å². The van der Waals surface area contributed by atoms with Crippen molar-refractivity contribution in [1.29, 1.82) is 0 Å². The Labute approximate surface area is 99.8 Å². The number of H-pyrrole nitrogens is 1. The third-order valence-electron chi connectivity index (χ3n) is 3.02. The van der Waals surface area contributed by atoms with Crippen molar-refractivity contribution in [1.82, 2.24) is 15.0 Å².